The Morgan fingerprint density at radius 2 is 1.89 bits per heavy atom. The first kappa shape index (κ1) is 24.1. The lowest BCUT2D eigenvalue weighted by atomic mass is 10.00. The molecule has 7 nitrogen and oxygen atoms in total. The van der Waals surface area contributed by atoms with Crippen LogP contribution in [0.5, 0.6) is 11.5 Å². The van der Waals surface area contributed by atoms with E-state index >= 15 is 0 Å². The molecule has 0 amide bonds. The second-order valence-corrected chi connectivity index (χ2v) is 9.60. The van der Waals surface area contributed by atoms with Crippen molar-refractivity contribution in [2.45, 2.75) is 52.7 Å². The predicted molar refractivity (Wildman–Crippen MR) is 144 cm³/mol. The smallest absolute Gasteiger partial charge is 0.137 e. The van der Waals surface area contributed by atoms with Crippen molar-refractivity contribution in [3.63, 3.8) is 0 Å². The van der Waals surface area contributed by atoms with Crippen LogP contribution < -0.4 is 15.0 Å². The largest absolute Gasteiger partial charge is 0.457 e. The monoisotopic (exact) mass is 502 g/mol. The second-order valence-electron chi connectivity index (χ2n) is 9.16. The fourth-order valence-electron chi connectivity index (χ4n) is 4.62. The van der Waals surface area contributed by atoms with Gasteiger partial charge in [0.05, 0.1) is 24.6 Å². The van der Waals surface area contributed by atoms with Crippen LogP contribution in [0.2, 0.25) is 5.02 Å². The van der Waals surface area contributed by atoms with Crippen LogP contribution in [-0.4, -0.2) is 26.1 Å². The molecule has 36 heavy (non-hydrogen) atoms. The minimum atomic E-state index is 0.0945. The van der Waals surface area contributed by atoms with E-state index in [0.29, 0.717) is 10.8 Å². The molecular weight excluding hydrogens is 472 g/mol. The minimum Gasteiger partial charge on any atom is -0.457 e. The Kier molecular flexibility index (Phi) is 7.09. The van der Waals surface area contributed by atoms with E-state index in [1.165, 1.54) is 5.69 Å². The van der Waals surface area contributed by atoms with Gasteiger partial charge in [0, 0.05) is 47.3 Å². The highest BCUT2D eigenvalue weighted by atomic mass is 35.5. The van der Waals surface area contributed by atoms with Crippen LogP contribution in [0.15, 0.2) is 61.1 Å². The summed E-state index contributed by atoms with van der Waals surface area (Å²) in [6.07, 6.45) is 5.92. The first-order valence-electron chi connectivity index (χ1n) is 12.4. The summed E-state index contributed by atoms with van der Waals surface area (Å²) >= 11 is 6.10. The van der Waals surface area contributed by atoms with Gasteiger partial charge in [-0.2, -0.15) is 0 Å². The number of nitrogens with one attached hydrogen (secondary N) is 1. The lowest BCUT2D eigenvalue weighted by Gasteiger charge is -2.35. The van der Waals surface area contributed by atoms with E-state index in [9.17, 15) is 0 Å². The fraction of sp³-hybridized carbons (Fsp3) is 0.321. The van der Waals surface area contributed by atoms with Crippen LogP contribution in [0, 0.1) is 13.8 Å². The number of nitrogens with zero attached hydrogens (tertiary/aromatic N) is 5. The third-order valence-electron chi connectivity index (χ3n) is 6.49. The maximum Gasteiger partial charge on any atom is 0.137 e. The molecule has 0 saturated carbocycles. The first-order chi connectivity index (χ1) is 17.5. The van der Waals surface area contributed by atoms with Gasteiger partial charge in [-0.05, 0) is 57.0 Å². The van der Waals surface area contributed by atoms with Crippen molar-refractivity contribution >= 4 is 23.1 Å². The van der Waals surface area contributed by atoms with Gasteiger partial charge in [0.25, 0.3) is 0 Å². The number of imidazole rings is 1. The lowest BCUT2D eigenvalue weighted by molar-refractivity contribution is 0.483. The third kappa shape index (κ3) is 5.31. The molecule has 5 rings (SSSR count). The molecule has 186 valence electrons. The molecule has 2 aromatic carbocycles. The van der Waals surface area contributed by atoms with Gasteiger partial charge in [-0.1, -0.05) is 30.7 Å². The Hall–Kier alpha value is -3.58. The number of rotatable bonds is 8. The van der Waals surface area contributed by atoms with Gasteiger partial charge in [0.15, 0.2) is 0 Å². The summed E-state index contributed by atoms with van der Waals surface area (Å²) in [6, 6.07) is 15.5. The Balaban J connectivity index is 1.35. The topological polar surface area (TPSA) is 68.1 Å². The molecule has 0 fully saturated rings. The summed E-state index contributed by atoms with van der Waals surface area (Å²) in [7, 11) is 0. The van der Waals surface area contributed by atoms with E-state index in [1.807, 2.05) is 55.8 Å². The zero-order valence-electron chi connectivity index (χ0n) is 20.9. The molecule has 8 heteroatoms. The Morgan fingerprint density at radius 3 is 2.69 bits per heavy atom. The van der Waals surface area contributed by atoms with Gasteiger partial charge in [-0.25, -0.2) is 15.0 Å². The first-order valence-corrected chi connectivity index (χ1v) is 12.8. The maximum atomic E-state index is 6.10. The summed E-state index contributed by atoms with van der Waals surface area (Å²) in [5, 5.41) is 4.32. The molecule has 3 heterocycles. The third-order valence-corrected chi connectivity index (χ3v) is 6.73. The van der Waals surface area contributed by atoms with Crippen LogP contribution in [0.3, 0.4) is 0 Å². The second kappa shape index (κ2) is 10.6. The van der Waals surface area contributed by atoms with Crippen LogP contribution in [0.4, 0.5) is 11.5 Å². The fourth-order valence-corrected chi connectivity index (χ4v) is 4.80. The molecule has 1 unspecified atom stereocenters. The lowest BCUT2D eigenvalue weighted by Crippen LogP contribution is -2.34. The van der Waals surface area contributed by atoms with Gasteiger partial charge in [-0.3, -0.25) is 0 Å². The minimum absolute atomic E-state index is 0.0945. The normalized spacial score (nSPS) is 15.0. The van der Waals surface area contributed by atoms with E-state index in [4.69, 9.17) is 26.3 Å². The summed E-state index contributed by atoms with van der Waals surface area (Å²) in [6.45, 7) is 8.88. The van der Waals surface area contributed by atoms with Crippen LogP contribution >= 0.6 is 11.6 Å². The molecule has 4 aromatic rings. The number of benzene rings is 2. The number of ether oxygens (including phenoxy) is 1. The molecule has 0 saturated heterocycles. The van der Waals surface area contributed by atoms with Crippen molar-refractivity contribution in [1.82, 2.24) is 19.5 Å². The predicted octanol–water partition coefficient (Wildman–Crippen LogP) is 6.71. The number of anilines is 2. The van der Waals surface area contributed by atoms with Gasteiger partial charge in [-0.15, -0.1) is 0 Å². The highest BCUT2D eigenvalue weighted by Crippen LogP contribution is 2.36. The number of halogens is 1. The highest BCUT2D eigenvalue weighted by molar-refractivity contribution is 6.30. The van der Waals surface area contributed by atoms with Crippen molar-refractivity contribution < 1.29 is 4.74 Å². The summed E-state index contributed by atoms with van der Waals surface area (Å²) in [4.78, 5) is 16.4. The Bertz CT molecular complexity index is 1350. The van der Waals surface area contributed by atoms with Crippen molar-refractivity contribution in [3.8, 4) is 11.5 Å². The molecule has 1 atom stereocenters. The SMILES string of the molecule is CCCn1cnc(CN2CCC(Nc3cccc(Oc4cccc(Cl)c4)c3)c3cnc(C)nc32)c1C. The molecule has 1 aliphatic rings. The van der Waals surface area contributed by atoms with Crippen molar-refractivity contribution in [1.29, 1.82) is 0 Å². The van der Waals surface area contributed by atoms with Crippen LogP contribution in [-0.2, 0) is 13.1 Å². The van der Waals surface area contributed by atoms with E-state index in [1.54, 1.807) is 6.07 Å². The van der Waals surface area contributed by atoms with Crippen LogP contribution in [0.25, 0.3) is 0 Å². The number of aromatic nitrogens is 4. The molecular formula is C28H31ClN6O. The van der Waals surface area contributed by atoms with E-state index in [-0.39, 0.29) is 6.04 Å². The average molecular weight is 503 g/mol. The zero-order valence-corrected chi connectivity index (χ0v) is 21.7. The molecule has 0 aliphatic carbocycles. The van der Waals surface area contributed by atoms with Gasteiger partial charge in [0.1, 0.15) is 23.1 Å². The number of aryl methyl sites for hydroxylation is 2. The van der Waals surface area contributed by atoms with Crippen molar-refractivity contribution in [3.05, 3.63) is 88.9 Å². The number of fused-ring (bicyclic) bond motifs is 1. The van der Waals surface area contributed by atoms with Gasteiger partial charge in [0.2, 0.25) is 0 Å². The molecule has 0 radical (unpaired) electrons. The standard InChI is InChI=1S/C28H31ClN6O/c1-4-12-35-18-31-27(19(35)2)17-34-13-11-26(25-16-30-20(3)32-28(25)34)33-22-8-6-10-24(15-22)36-23-9-5-7-21(29)14-23/h5-10,14-16,18,26,33H,4,11-13,17H2,1-3H3. The molecule has 0 spiro atoms. The molecule has 2 aromatic heterocycles. The van der Waals surface area contributed by atoms with E-state index < -0.39 is 0 Å². The summed E-state index contributed by atoms with van der Waals surface area (Å²) in [5.41, 5.74) is 4.40. The highest BCUT2D eigenvalue weighted by Gasteiger charge is 2.28. The van der Waals surface area contributed by atoms with Crippen molar-refractivity contribution in [2.75, 3.05) is 16.8 Å². The molecule has 1 aliphatic heterocycles. The van der Waals surface area contributed by atoms with E-state index in [2.05, 4.69) is 39.7 Å². The van der Waals surface area contributed by atoms with Crippen molar-refractivity contribution in [2.24, 2.45) is 0 Å². The van der Waals surface area contributed by atoms with Crippen LogP contribution in [0.1, 0.15) is 48.6 Å². The number of hydrogen-bond acceptors (Lipinski definition) is 6. The van der Waals surface area contributed by atoms with Gasteiger partial charge < -0.3 is 19.5 Å². The average Bonchev–Trinajstić information content (AvgIpc) is 3.20. The molecule has 1 N–H and O–H groups in total. The maximum absolute atomic E-state index is 6.10. The Labute approximate surface area is 217 Å². The Morgan fingerprint density at radius 1 is 1.08 bits per heavy atom. The van der Waals surface area contributed by atoms with Gasteiger partial charge >= 0.3 is 0 Å². The zero-order chi connectivity index (χ0) is 25.1. The quantitative estimate of drug-likeness (QED) is 0.289. The summed E-state index contributed by atoms with van der Waals surface area (Å²) in [5.74, 6) is 3.20. The van der Waals surface area contributed by atoms with E-state index in [0.717, 1.165) is 66.8 Å². The number of hydrogen-bond donors (Lipinski definition) is 1. The summed E-state index contributed by atoms with van der Waals surface area (Å²) < 4.78 is 8.25. The molecule has 0 bridgehead atoms.